The summed E-state index contributed by atoms with van der Waals surface area (Å²) in [6, 6.07) is 47.3. The predicted octanol–water partition coefficient (Wildman–Crippen LogP) is 8.09. The van der Waals surface area contributed by atoms with Crippen molar-refractivity contribution < 1.29 is 0 Å². The Morgan fingerprint density at radius 2 is 0.922 bits per heavy atom. The Hall–Kier alpha value is -6.60. The molecule has 0 unspecified atom stereocenters. The average Bonchev–Trinajstić information content (AvgIpc) is 3.87. The van der Waals surface area contributed by atoms with Gasteiger partial charge in [0.2, 0.25) is 0 Å². The molecule has 2 aromatic heterocycles. The van der Waals surface area contributed by atoms with Crippen LogP contribution in [0.2, 0.25) is 0 Å². The molecule has 9 aromatic rings. The van der Waals surface area contributed by atoms with Crippen LogP contribution in [-0.4, -0.2) is 25.5 Å². The largest absolute Gasteiger partial charge is 0.462 e. The van der Waals surface area contributed by atoms with Gasteiger partial charge in [-0.1, -0.05) is 121 Å². The molecule has 2 aliphatic rings. The second-order valence-electron chi connectivity index (χ2n) is 13.8. The van der Waals surface area contributed by atoms with E-state index in [1.165, 1.54) is 11.1 Å². The monoisotopic (exact) mass is 656 g/mol. The van der Waals surface area contributed by atoms with E-state index in [2.05, 4.69) is 59.6 Å². The van der Waals surface area contributed by atoms with Gasteiger partial charge < -0.3 is 0 Å². The van der Waals surface area contributed by atoms with Crippen molar-refractivity contribution >= 4 is 45.0 Å². The van der Waals surface area contributed by atoms with Crippen LogP contribution in [0.4, 0.5) is 0 Å². The van der Waals surface area contributed by atoms with E-state index in [1.54, 1.807) is 0 Å². The Morgan fingerprint density at radius 1 is 0.471 bits per heavy atom. The second kappa shape index (κ2) is 9.99. The topological polar surface area (TPSA) is 53.9 Å². The highest BCUT2D eigenvalue weighted by molar-refractivity contribution is 6.75. The van der Waals surface area contributed by atoms with Crippen molar-refractivity contribution in [1.82, 2.24) is 18.5 Å². The first-order valence-corrected chi connectivity index (χ1v) is 17.3. The molecule has 0 N–H and O–H groups in total. The van der Waals surface area contributed by atoms with Gasteiger partial charge in [-0.3, -0.25) is 28.1 Å². The fourth-order valence-corrected chi connectivity index (χ4v) is 8.82. The van der Waals surface area contributed by atoms with Gasteiger partial charge in [-0.25, -0.2) is 0 Å². The van der Waals surface area contributed by atoms with Crippen molar-refractivity contribution in [3.8, 4) is 44.8 Å². The Labute approximate surface area is 292 Å². The number of nitrogens with zero attached hydrogens (tertiary/aromatic N) is 4. The molecule has 51 heavy (non-hydrogen) atoms. The van der Waals surface area contributed by atoms with Gasteiger partial charge in [0.05, 0.1) is 33.2 Å². The van der Waals surface area contributed by atoms with E-state index in [9.17, 15) is 0 Å². The van der Waals surface area contributed by atoms with Gasteiger partial charge in [-0.05, 0) is 76.4 Å². The summed E-state index contributed by atoms with van der Waals surface area (Å²) in [5.41, 5.74) is 12.4. The quantitative estimate of drug-likeness (QED) is 0.181. The molecule has 0 radical (unpaired) electrons. The number of benzene rings is 7. The highest BCUT2D eigenvalue weighted by Gasteiger charge is 2.50. The van der Waals surface area contributed by atoms with Crippen molar-refractivity contribution in [3.05, 3.63) is 171 Å². The van der Waals surface area contributed by atoms with Crippen LogP contribution in [-0.2, 0) is 0 Å². The van der Waals surface area contributed by atoms with Gasteiger partial charge in [-0.2, -0.15) is 0 Å². The fraction of sp³-hybridized carbons (Fsp3) is 0.0455. The van der Waals surface area contributed by atoms with Crippen molar-refractivity contribution in [2.24, 2.45) is 0 Å². The Bertz CT molecular complexity index is 3080. The van der Waals surface area contributed by atoms with Gasteiger partial charge in [0.15, 0.2) is 0 Å². The molecular formula is C44H29BN4O2. The first-order chi connectivity index (χ1) is 25.0. The van der Waals surface area contributed by atoms with Crippen LogP contribution in [0.1, 0.15) is 11.1 Å². The summed E-state index contributed by atoms with van der Waals surface area (Å²) in [4.78, 5) is 30.3. The van der Waals surface area contributed by atoms with Crippen LogP contribution in [0, 0.1) is 13.8 Å². The smallest absolute Gasteiger partial charge is 0.268 e. The summed E-state index contributed by atoms with van der Waals surface area (Å²) in [5.74, 6) is 0. The lowest BCUT2D eigenvalue weighted by Crippen LogP contribution is -2.48. The Morgan fingerprint density at radius 3 is 1.43 bits per heavy atom. The maximum atomic E-state index is 15.2. The normalized spacial score (nSPS) is 12.6. The molecule has 6 nitrogen and oxygen atoms in total. The summed E-state index contributed by atoms with van der Waals surface area (Å²) < 4.78 is 7.88. The minimum atomic E-state index is -0.685. The van der Waals surface area contributed by atoms with E-state index < -0.39 is 6.98 Å². The van der Waals surface area contributed by atoms with Gasteiger partial charge in [0.25, 0.3) is 11.1 Å². The standard InChI is InChI=1S/C44H29BN4O2/c1-26-24-33-34(25-27(26)2)41-40-42(37(33)30-18-10-5-11-19-30)47-36-23-13-21-32(29-16-8-4-9-17-29)39(36)44(51)49(47)45(40)48-43(50)38-31(28-14-6-3-7-15-28)20-12-22-35(38)46(41)48/h3-25H,1-2H3. The van der Waals surface area contributed by atoms with E-state index in [1.807, 2.05) is 112 Å². The molecule has 0 bridgehead atoms. The Kier molecular flexibility index (Phi) is 5.53. The summed E-state index contributed by atoms with van der Waals surface area (Å²) in [7, 11) is 0. The molecule has 0 atom stereocenters. The molecule has 0 spiro atoms. The van der Waals surface area contributed by atoms with Gasteiger partial charge in [0.1, 0.15) is 0 Å². The molecule has 0 aliphatic carbocycles. The molecule has 0 saturated heterocycles. The minimum absolute atomic E-state index is 0.122. The number of aryl methyl sites for hydroxylation is 2. The highest BCUT2D eigenvalue weighted by atomic mass is 16.1. The lowest BCUT2D eigenvalue weighted by atomic mass is 9.67. The number of aromatic nitrogens is 4. The lowest BCUT2D eigenvalue weighted by molar-refractivity contribution is 0.752. The van der Waals surface area contributed by atoms with E-state index >= 15 is 9.59 Å². The fourth-order valence-electron chi connectivity index (χ4n) is 8.82. The lowest BCUT2D eigenvalue weighted by Gasteiger charge is -2.20. The maximum absolute atomic E-state index is 15.2. The van der Waals surface area contributed by atoms with Crippen molar-refractivity contribution in [1.29, 1.82) is 0 Å². The zero-order valence-electron chi connectivity index (χ0n) is 28.0. The highest BCUT2D eigenvalue weighted by Crippen LogP contribution is 2.45. The first-order valence-electron chi connectivity index (χ1n) is 17.3. The van der Waals surface area contributed by atoms with Crippen LogP contribution in [0.3, 0.4) is 0 Å². The van der Waals surface area contributed by atoms with Gasteiger partial charge >= 0.3 is 6.98 Å². The third-order valence-electron chi connectivity index (χ3n) is 11.1. The van der Waals surface area contributed by atoms with Crippen LogP contribution in [0.25, 0.3) is 77.3 Å². The molecular weight excluding hydrogens is 627 g/mol. The first kappa shape index (κ1) is 28.3. The molecule has 240 valence electrons. The maximum Gasteiger partial charge on any atom is 0.462 e. The predicted molar refractivity (Wildman–Crippen MR) is 208 cm³/mol. The van der Waals surface area contributed by atoms with Gasteiger partial charge in [0, 0.05) is 16.4 Å². The molecule has 0 fully saturated rings. The van der Waals surface area contributed by atoms with Crippen LogP contribution in [0.15, 0.2) is 149 Å². The summed E-state index contributed by atoms with van der Waals surface area (Å²) in [6.07, 6.45) is 0. The zero-order valence-corrected chi connectivity index (χ0v) is 28.0. The summed E-state index contributed by atoms with van der Waals surface area (Å²) in [5, 5.41) is 3.43. The van der Waals surface area contributed by atoms with E-state index in [4.69, 9.17) is 0 Å². The summed E-state index contributed by atoms with van der Waals surface area (Å²) in [6.45, 7) is 3.61. The number of fused-ring (bicyclic) bond motifs is 12. The average molecular weight is 657 g/mol. The van der Waals surface area contributed by atoms with E-state index in [0.717, 1.165) is 72.0 Å². The van der Waals surface area contributed by atoms with Crippen LogP contribution >= 0.6 is 0 Å². The SMILES string of the molecule is Cc1cc2c(-c3ccccc3)c3c4c(c2cc1C)-n1c2cccc(-c5ccccc5)c2c(=O)n1B4n1c(=O)c2c(-c4ccccc4)cccc2n1-3. The van der Waals surface area contributed by atoms with Gasteiger partial charge in [-0.15, -0.1) is 0 Å². The third kappa shape index (κ3) is 3.52. The number of rotatable bonds is 3. The molecule has 2 aliphatic heterocycles. The third-order valence-corrected chi connectivity index (χ3v) is 11.1. The van der Waals surface area contributed by atoms with E-state index in [-0.39, 0.29) is 11.1 Å². The number of hydrogen-bond donors (Lipinski definition) is 0. The molecule has 4 heterocycles. The second-order valence-corrected chi connectivity index (χ2v) is 13.8. The molecule has 0 amide bonds. The molecule has 7 aromatic carbocycles. The van der Waals surface area contributed by atoms with Crippen molar-refractivity contribution in [2.45, 2.75) is 13.8 Å². The van der Waals surface area contributed by atoms with Crippen LogP contribution in [0.5, 0.6) is 0 Å². The zero-order chi connectivity index (χ0) is 34.1. The minimum Gasteiger partial charge on any atom is -0.268 e. The molecule has 7 heteroatoms. The molecule has 11 rings (SSSR count). The van der Waals surface area contributed by atoms with Crippen molar-refractivity contribution in [2.75, 3.05) is 0 Å². The van der Waals surface area contributed by atoms with Crippen LogP contribution < -0.4 is 16.6 Å². The summed E-state index contributed by atoms with van der Waals surface area (Å²) >= 11 is 0. The number of hydrogen-bond acceptors (Lipinski definition) is 2. The Balaban J connectivity index is 1.38. The van der Waals surface area contributed by atoms with Crippen molar-refractivity contribution in [3.63, 3.8) is 0 Å². The molecule has 0 saturated carbocycles. The van der Waals surface area contributed by atoms with E-state index in [0.29, 0.717) is 10.8 Å².